The number of rotatable bonds is 5. The van der Waals surface area contributed by atoms with E-state index in [1.807, 2.05) is 24.5 Å². The van der Waals surface area contributed by atoms with Crippen LogP contribution in [0.1, 0.15) is 15.9 Å². The third-order valence-electron chi connectivity index (χ3n) is 3.65. The lowest BCUT2D eigenvalue weighted by molar-refractivity contribution is 0.0366. The van der Waals surface area contributed by atoms with Crippen molar-refractivity contribution in [3.8, 4) is 11.5 Å². The Kier molecular flexibility index (Phi) is 5.40. The first-order chi connectivity index (χ1) is 12.1. The van der Waals surface area contributed by atoms with E-state index in [1.54, 1.807) is 31.4 Å². The van der Waals surface area contributed by atoms with Crippen LogP contribution in [0.2, 0.25) is 5.02 Å². The Bertz CT molecular complexity index is 838. The van der Waals surface area contributed by atoms with E-state index in [2.05, 4.69) is 5.48 Å². The summed E-state index contributed by atoms with van der Waals surface area (Å²) >= 11 is 7.62. The second-order valence-corrected chi connectivity index (χ2v) is 6.42. The average Bonchev–Trinajstić information content (AvgIpc) is 2.65. The van der Waals surface area contributed by atoms with Gasteiger partial charge in [0.05, 0.1) is 23.4 Å². The van der Waals surface area contributed by atoms with Crippen LogP contribution in [0.5, 0.6) is 11.5 Å². The molecular weight excluding hydrogens is 362 g/mol. The minimum atomic E-state index is -0.552. The zero-order chi connectivity index (χ0) is 17.8. The molecule has 25 heavy (non-hydrogen) atoms. The maximum Gasteiger partial charge on any atom is 0.364 e. The second-order valence-electron chi connectivity index (χ2n) is 5.13. The van der Waals surface area contributed by atoms with E-state index in [4.69, 9.17) is 25.9 Å². The van der Waals surface area contributed by atoms with Crippen LogP contribution in [0.15, 0.2) is 47.4 Å². The summed E-state index contributed by atoms with van der Waals surface area (Å²) in [7, 11) is 1.59. The molecule has 0 amide bonds. The molecule has 0 saturated heterocycles. The van der Waals surface area contributed by atoms with Crippen LogP contribution < -0.4 is 15.0 Å². The summed E-state index contributed by atoms with van der Waals surface area (Å²) in [6.45, 7) is 0.364. The number of hydroxylamine groups is 1. The minimum absolute atomic E-state index is 0.309. The average molecular weight is 378 g/mol. The Balaban J connectivity index is 1.74. The molecule has 0 unspecified atom stereocenters. The number of fused-ring (bicyclic) bond motifs is 1. The molecule has 2 aromatic rings. The minimum Gasteiger partial charge on any atom is -0.497 e. The van der Waals surface area contributed by atoms with Crippen LogP contribution in [0, 0.1) is 0 Å². The van der Waals surface area contributed by atoms with Crippen LogP contribution in [0.3, 0.4) is 0 Å². The molecule has 3 rings (SSSR count). The predicted molar refractivity (Wildman–Crippen MR) is 98.3 cm³/mol. The number of nitrogens with one attached hydrogen (secondary N) is 1. The van der Waals surface area contributed by atoms with Gasteiger partial charge < -0.3 is 14.3 Å². The summed E-state index contributed by atoms with van der Waals surface area (Å²) in [5.74, 6) is 0.795. The largest absolute Gasteiger partial charge is 0.497 e. The highest BCUT2D eigenvalue weighted by Gasteiger charge is 2.18. The van der Waals surface area contributed by atoms with Gasteiger partial charge in [0.25, 0.3) is 0 Å². The number of thioether (sulfide) groups is 1. The van der Waals surface area contributed by atoms with Gasteiger partial charge in [0.2, 0.25) is 0 Å². The van der Waals surface area contributed by atoms with Gasteiger partial charge in [0.15, 0.2) is 0 Å². The molecule has 2 aromatic carbocycles. The first kappa shape index (κ1) is 17.5. The molecule has 0 fully saturated rings. The van der Waals surface area contributed by atoms with Crippen molar-refractivity contribution in [3.05, 3.63) is 58.6 Å². The molecule has 1 N–H and O–H groups in total. The lowest BCUT2D eigenvalue weighted by Crippen LogP contribution is -2.22. The Morgan fingerprint density at radius 3 is 2.88 bits per heavy atom. The van der Waals surface area contributed by atoms with Gasteiger partial charge in [-0.3, -0.25) is 0 Å². The Morgan fingerprint density at radius 2 is 2.12 bits per heavy atom. The zero-order valence-electron chi connectivity index (χ0n) is 13.7. The van der Waals surface area contributed by atoms with Crippen molar-refractivity contribution in [1.82, 2.24) is 5.48 Å². The van der Waals surface area contributed by atoms with Crippen molar-refractivity contribution in [3.63, 3.8) is 0 Å². The van der Waals surface area contributed by atoms with E-state index in [0.29, 0.717) is 34.4 Å². The molecule has 5 nitrogen and oxygen atoms in total. The van der Waals surface area contributed by atoms with Crippen molar-refractivity contribution >= 4 is 35.0 Å². The highest BCUT2D eigenvalue weighted by Crippen LogP contribution is 2.32. The molecule has 0 aliphatic carbocycles. The monoisotopic (exact) mass is 377 g/mol. The Morgan fingerprint density at radius 1 is 1.28 bits per heavy atom. The van der Waals surface area contributed by atoms with Crippen LogP contribution in [-0.2, 0) is 4.84 Å². The third kappa shape index (κ3) is 3.86. The third-order valence-corrected chi connectivity index (χ3v) is 4.71. The topological polar surface area (TPSA) is 56.8 Å². The fraction of sp³-hybridized carbons (Fsp3) is 0.167. The van der Waals surface area contributed by atoms with Crippen molar-refractivity contribution in [2.45, 2.75) is 4.90 Å². The van der Waals surface area contributed by atoms with Crippen molar-refractivity contribution in [1.29, 1.82) is 0 Å². The van der Waals surface area contributed by atoms with Gasteiger partial charge in [0, 0.05) is 16.5 Å². The number of halogens is 1. The SMILES string of the molecule is COc1ccc2c(c1)OCC=C2NOC(=O)c1cc(SC)ccc1Cl. The van der Waals surface area contributed by atoms with Crippen LogP contribution in [0.4, 0.5) is 0 Å². The molecule has 1 aliphatic heterocycles. The first-order valence-electron chi connectivity index (χ1n) is 7.44. The van der Waals surface area contributed by atoms with E-state index in [0.717, 1.165) is 10.5 Å². The molecule has 0 bridgehead atoms. The summed E-state index contributed by atoms with van der Waals surface area (Å²) in [6.07, 6.45) is 3.72. The molecule has 0 saturated carbocycles. The number of benzene rings is 2. The van der Waals surface area contributed by atoms with Crippen molar-refractivity contribution in [2.75, 3.05) is 20.0 Å². The summed E-state index contributed by atoms with van der Waals surface area (Å²) in [6, 6.07) is 10.7. The predicted octanol–water partition coefficient (Wildman–Crippen LogP) is 4.17. The number of methoxy groups -OCH3 is 1. The summed E-state index contributed by atoms with van der Waals surface area (Å²) in [5, 5.41) is 0.343. The van der Waals surface area contributed by atoms with Gasteiger partial charge in [-0.2, -0.15) is 0 Å². The van der Waals surface area contributed by atoms with Crippen LogP contribution in [0.25, 0.3) is 5.70 Å². The van der Waals surface area contributed by atoms with Crippen LogP contribution >= 0.6 is 23.4 Å². The van der Waals surface area contributed by atoms with E-state index >= 15 is 0 Å². The smallest absolute Gasteiger partial charge is 0.364 e. The lowest BCUT2D eigenvalue weighted by atomic mass is 10.1. The first-order valence-corrected chi connectivity index (χ1v) is 9.04. The molecule has 1 heterocycles. The summed E-state index contributed by atoms with van der Waals surface area (Å²) in [5.41, 5.74) is 4.44. The molecule has 1 aliphatic rings. The fourth-order valence-electron chi connectivity index (χ4n) is 2.34. The van der Waals surface area contributed by atoms with Gasteiger partial charge >= 0.3 is 5.97 Å². The van der Waals surface area contributed by atoms with Gasteiger partial charge in [-0.15, -0.1) is 11.8 Å². The van der Waals surface area contributed by atoms with E-state index in [-0.39, 0.29) is 0 Å². The normalized spacial score (nSPS) is 12.5. The highest BCUT2D eigenvalue weighted by atomic mass is 35.5. The lowest BCUT2D eigenvalue weighted by Gasteiger charge is -2.20. The van der Waals surface area contributed by atoms with Crippen molar-refractivity contribution < 1.29 is 19.1 Å². The highest BCUT2D eigenvalue weighted by molar-refractivity contribution is 7.98. The summed E-state index contributed by atoms with van der Waals surface area (Å²) < 4.78 is 10.8. The Hall–Kier alpha value is -2.31. The van der Waals surface area contributed by atoms with E-state index in [9.17, 15) is 4.79 Å². The molecule has 0 radical (unpaired) electrons. The van der Waals surface area contributed by atoms with Gasteiger partial charge in [-0.1, -0.05) is 11.6 Å². The molecule has 0 atom stereocenters. The Labute approximate surface area is 154 Å². The second kappa shape index (κ2) is 7.72. The number of carbonyl (C=O) groups is 1. The van der Waals surface area contributed by atoms with Gasteiger partial charge in [-0.05, 0) is 42.7 Å². The molecular formula is C18H16ClNO4S. The molecule has 0 aromatic heterocycles. The molecule has 0 spiro atoms. The van der Waals surface area contributed by atoms with E-state index in [1.165, 1.54) is 11.8 Å². The van der Waals surface area contributed by atoms with E-state index < -0.39 is 5.97 Å². The molecule has 7 heteroatoms. The van der Waals surface area contributed by atoms with Crippen LogP contribution in [-0.4, -0.2) is 25.9 Å². The van der Waals surface area contributed by atoms with Gasteiger partial charge in [0.1, 0.15) is 18.1 Å². The zero-order valence-corrected chi connectivity index (χ0v) is 15.2. The number of carbonyl (C=O) groups excluding carboxylic acids is 1. The number of ether oxygens (including phenoxy) is 2. The molecule has 130 valence electrons. The number of hydrogen-bond donors (Lipinski definition) is 1. The number of hydrogen-bond acceptors (Lipinski definition) is 6. The maximum atomic E-state index is 12.3. The van der Waals surface area contributed by atoms with Gasteiger partial charge in [-0.25, -0.2) is 10.3 Å². The van der Waals surface area contributed by atoms with Crippen molar-refractivity contribution in [2.24, 2.45) is 0 Å². The fourth-order valence-corrected chi connectivity index (χ4v) is 2.97. The summed E-state index contributed by atoms with van der Waals surface area (Å²) in [4.78, 5) is 18.5. The standard InChI is InChI=1S/C18H16ClNO4S/c1-22-11-3-5-13-16(7-8-23-17(13)9-11)20-24-18(21)14-10-12(25-2)4-6-15(14)19/h3-7,9-10,20H,8H2,1-2H3. The maximum absolute atomic E-state index is 12.3. The quantitative estimate of drug-likeness (QED) is 0.623.